The molecule has 4 aliphatic heterocycles. The highest BCUT2D eigenvalue weighted by molar-refractivity contribution is 9.10. The lowest BCUT2D eigenvalue weighted by atomic mass is 9.75. The second-order valence-electron chi connectivity index (χ2n) is 8.69. The first kappa shape index (κ1) is 19.5. The minimum Gasteiger partial charge on any atom is -0.324 e. The van der Waals surface area contributed by atoms with Crippen LogP contribution >= 0.6 is 27.5 Å². The van der Waals surface area contributed by atoms with Gasteiger partial charge in [0, 0.05) is 21.1 Å². The van der Waals surface area contributed by atoms with E-state index in [1.807, 2.05) is 25.1 Å². The first-order valence-corrected chi connectivity index (χ1v) is 11.6. The van der Waals surface area contributed by atoms with Gasteiger partial charge in [-0.3, -0.25) is 19.3 Å². The Hall–Kier alpha value is -2.22. The van der Waals surface area contributed by atoms with E-state index in [-0.39, 0.29) is 23.8 Å². The number of imide groups is 1. The number of fused-ring (bicyclic) bond motifs is 7. The molecule has 4 aliphatic rings. The van der Waals surface area contributed by atoms with Gasteiger partial charge in [0.2, 0.25) is 17.7 Å². The van der Waals surface area contributed by atoms with Crippen molar-refractivity contribution < 1.29 is 14.4 Å². The Morgan fingerprint density at radius 1 is 1.13 bits per heavy atom. The summed E-state index contributed by atoms with van der Waals surface area (Å²) in [7, 11) is 0. The van der Waals surface area contributed by atoms with Gasteiger partial charge >= 0.3 is 0 Å². The Morgan fingerprint density at radius 3 is 2.68 bits per heavy atom. The van der Waals surface area contributed by atoms with E-state index in [0.717, 1.165) is 24.0 Å². The van der Waals surface area contributed by atoms with Crippen LogP contribution in [-0.2, 0) is 19.9 Å². The summed E-state index contributed by atoms with van der Waals surface area (Å²) in [6.45, 7) is 2.55. The molecule has 0 aliphatic carbocycles. The zero-order valence-electron chi connectivity index (χ0n) is 16.7. The number of hydrogen-bond acceptors (Lipinski definition) is 4. The second kappa shape index (κ2) is 6.40. The lowest BCUT2D eigenvalue weighted by Gasteiger charge is -2.36. The van der Waals surface area contributed by atoms with Crippen LogP contribution in [0.25, 0.3) is 0 Å². The number of para-hydroxylation sites is 1. The highest BCUT2D eigenvalue weighted by atomic mass is 79.9. The Labute approximate surface area is 192 Å². The van der Waals surface area contributed by atoms with E-state index in [1.54, 1.807) is 18.2 Å². The van der Waals surface area contributed by atoms with E-state index < -0.39 is 17.4 Å². The second-order valence-corrected chi connectivity index (χ2v) is 9.95. The van der Waals surface area contributed by atoms with E-state index in [2.05, 4.69) is 26.1 Å². The summed E-state index contributed by atoms with van der Waals surface area (Å²) >= 11 is 9.81. The average molecular weight is 501 g/mol. The van der Waals surface area contributed by atoms with Crippen LogP contribution in [0.2, 0.25) is 5.02 Å². The van der Waals surface area contributed by atoms with Gasteiger partial charge in [0.25, 0.3) is 0 Å². The summed E-state index contributed by atoms with van der Waals surface area (Å²) in [4.78, 5) is 44.7. The summed E-state index contributed by atoms with van der Waals surface area (Å²) in [5.74, 6) is -2.08. The largest absolute Gasteiger partial charge is 0.324 e. The van der Waals surface area contributed by atoms with Gasteiger partial charge in [-0.2, -0.15) is 0 Å². The fraction of sp³-hybridized carbons (Fsp3) is 0.348. The SMILES string of the molecule is Cc1c(Cl)ccc2c1NC(=O)[C@@]21[C@@H]2C(=O)N(c3ccccc3Br)C(=O)[C@H]2[C@H]2CCCN21. The normalized spacial score (nSPS) is 31.4. The van der Waals surface area contributed by atoms with Crippen molar-refractivity contribution in [1.82, 2.24) is 4.90 Å². The molecule has 0 radical (unpaired) electrons. The molecule has 3 saturated heterocycles. The van der Waals surface area contributed by atoms with E-state index in [9.17, 15) is 14.4 Å². The van der Waals surface area contributed by atoms with Gasteiger partial charge < -0.3 is 5.32 Å². The van der Waals surface area contributed by atoms with Crippen LogP contribution in [0.1, 0.15) is 24.0 Å². The number of halogens is 2. The lowest BCUT2D eigenvalue weighted by Crippen LogP contribution is -2.54. The molecule has 1 N–H and O–H groups in total. The number of nitrogens with one attached hydrogen (secondary N) is 1. The zero-order valence-corrected chi connectivity index (χ0v) is 19.0. The topological polar surface area (TPSA) is 69.7 Å². The minimum atomic E-state index is -1.18. The van der Waals surface area contributed by atoms with Crippen molar-refractivity contribution in [3.05, 3.63) is 57.0 Å². The van der Waals surface area contributed by atoms with Crippen LogP contribution in [0.5, 0.6) is 0 Å². The van der Waals surface area contributed by atoms with Gasteiger partial charge in [-0.1, -0.05) is 29.8 Å². The molecule has 0 saturated carbocycles. The van der Waals surface area contributed by atoms with Crippen molar-refractivity contribution in [3.63, 3.8) is 0 Å². The van der Waals surface area contributed by atoms with Crippen molar-refractivity contribution in [1.29, 1.82) is 0 Å². The molecular formula is C23H19BrClN3O3. The van der Waals surface area contributed by atoms with Crippen molar-refractivity contribution >= 4 is 56.6 Å². The van der Waals surface area contributed by atoms with Crippen LogP contribution in [0, 0.1) is 18.8 Å². The van der Waals surface area contributed by atoms with Crippen molar-refractivity contribution in [3.8, 4) is 0 Å². The highest BCUT2D eigenvalue weighted by Crippen LogP contribution is 2.61. The molecule has 4 heterocycles. The van der Waals surface area contributed by atoms with Crippen molar-refractivity contribution in [2.24, 2.45) is 11.8 Å². The smallest absolute Gasteiger partial charge is 0.250 e. The van der Waals surface area contributed by atoms with Gasteiger partial charge in [0.1, 0.15) is 5.54 Å². The molecule has 158 valence electrons. The monoisotopic (exact) mass is 499 g/mol. The van der Waals surface area contributed by atoms with Crippen LogP contribution in [-0.4, -0.2) is 35.2 Å². The average Bonchev–Trinajstić information content (AvgIpc) is 3.45. The Balaban J connectivity index is 1.59. The summed E-state index contributed by atoms with van der Waals surface area (Å²) in [6.07, 6.45) is 1.68. The molecule has 3 fully saturated rings. The first-order chi connectivity index (χ1) is 14.9. The van der Waals surface area contributed by atoms with E-state index in [0.29, 0.717) is 27.4 Å². The molecule has 6 rings (SSSR count). The van der Waals surface area contributed by atoms with E-state index >= 15 is 0 Å². The number of carbonyl (C=O) groups is 3. The third-order valence-corrected chi connectivity index (χ3v) is 8.54. The Bertz CT molecular complexity index is 1200. The number of hydrogen-bond donors (Lipinski definition) is 1. The van der Waals surface area contributed by atoms with Crippen molar-refractivity contribution in [2.45, 2.75) is 31.3 Å². The molecule has 8 heteroatoms. The zero-order chi connectivity index (χ0) is 21.7. The van der Waals surface area contributed by atoms with Crippen molar-refractivity contribution in [2.75, 3.05) is 16.8 Å². The van der Waals surface area contributed by atoms with Gasteiger partial charge in [-0.15, -0.1) is 0 Å². The molecule has 0 bridgehead atoms. The molecule has 2 aromatic carbocycles. The summed E-state index contributed by atoms with van der Waals surface area (Å²) in [5, 5.41) is 3.57. The van der Waals surface area contributed by atoms with Crippen LogP contribution < -0.4 is 10.2 Å². The maximum atomic E-state index is 13.9. The first-order valence-electron chi connectivity index (χ1n) is 10.4. The number of nitrogens with zero attached hydrogens (tertiary/aromatic N) is 2. The van der Waals surface area contributed by atoms with Gasteiger partial charge in [-0.05, 0) is 66.0 Å². The third kappa shape index (κ3) is 2.19. The predicted molar refractivity (Wildman–Crippen MR) is 120 cm³/mol. The molecule has 0 aromatic heterocycles. The molecule has 0 unspecified atom stereocenters. The number of carbonyl (C=O) groups excluding carboxylic acids is 3. The van der Waals surface area contributed by atoms with Gasteiger partial charge in [-0.25, -0.2) is 4.90 Å². The third-order valence-electron chi connectivity index (χ3n) is 7.46. The van der Waals surface area contributed by atoms with Crippen LogP contribution in [0.4, 0.5) is 11.4 Å². The number of benzene rings is 2. The summed E-state index contributed by atoms with van der Waals surface area (Å²) < 4.78 is 0.674. The number of amides is 3. The minimum absolute atomic E-state index is 0.137. The van der Waals surface area contributed by atoms with E-state index in [4.69, 9.17) is 11.6 Å². The maximum Gasteiger partial charge on any atom is 0.250 e. The maximum absolute atomic E-state index is 13.9. The number of anilines is 2. The molecule has 4 atom stereocenters. The van der Waals surface area contributed by atoms with Crippen LogP contribution in [0.15, 0.2) is 40.9 Å². The van der Waals surface area contributed by atoms with Gasteiger partial charge in [0.15, 0.2) is 0 Å². The Morgan fingerprint density at radius 2 is 1.90 bits per heavy atom. The summed E-state index contributed by atoms with van der Waals surface area (Å²) in [5.41, 5.74) is 1.55. The molecule has 1 spiro atoms. The fourth-order valence-electron chi connectivity index (χ4n) is 6.26. The molecule has 3 amide bonds. The lowest BCUT2D eigenvalue weighted by molar-refractivity contribution is -0.135. The van der Waals surface area contributed by atoms with Crippen LogP contribution in [0.3, 0.4) is 0 Å². The Kier molecular flexibility index (Phi) is 4.02. The molecule has 6 nitrogen and oxygen atoms in total. The molecule has 2 aromatic rings. The standard InChI is InChI=1S/C23H19BrClN3O3/c1-11-14(25)9-8-12-19(11)26-22(31)23(12)18-17(16-7-4-10-27(16)23)20(29)28(21(18)30)15-6-3-2-5-13(15)24/h2-3,5-6,8-9,16-18H,4,7,10H2,1H3,(H,26,31)/t16-,17+,18+,23+/m1/s1. The van der Waals surface area contributed by atoms with Gasteiger partial charge in [0.05, 0.1) is 23.2 Å². The van der Waals surface area contributed by atoms with E-state index in [1.165, 1.54) is 4.90 Å². The molecular weight excluding hydrogens is 482 g/mol. The quantitative estimate of drug-likeness (QED) is 0.604. The number of rotatable bonds is 1. The summed E-state index contributed by atoms with van der Waals surface area (Å²) in [6, 6.07) is 10.7. The highest BCUT2D eigenvalue weighted by Gasteiger charge is 2.74. The predicted octanol–water partition coefficient (Wildman–Crippen LogP) is 3.84. The fourth-order valence-corrected chi connectivity index (χ4v) is 6.88. The molecule has 31 heavy (non-hydrogen) atoms.